The summed E-state index contributed by atoms with van der Waals surface area (Å²) in [5, 5.41) is 0. The van der Waals surface area contributed by atoms with Crippen LogP contribution in [0.3, 0.4) is 0 Å². The van der Waals surface area contributed by atoms with E-state index in [0.29, 0.717) is 32.5 Å². The second kappa shape index (κ2) is 11.3. The number of benzene rings is 1. The highest BCUT2D eigenvalue weighted by atomic mass is 32.2. The molecule has 2 amide bonds. The Morgan fingerprint density at radius 1 is 1.12 bits per heavy atom. The molecule has 1 aromatic carbocycles. The van der Waals surface area contributed by atoms with E-state index in [4.69, 9.17) is 4.74 Å². The molecule has 0 aliphatic carbocycles. The molecular formula is C24H35N3O6S. The Morgan fingerprint density at radius 3 is 2.59 bits per heavy atom. The second-order valence-corrected chi connectivity index (χ2v) is 11.0. The lowest BCUT2D eigenvalue weighted by atomic mass is 9.98. The highest BCUT2D eigenvalue weighted by Crippen LogP contribution is 2.26. The van der Waals surface area contributed by atoms with Gasteiger partial charge in [0.25, 0.3) is 5.91 Å². The zero-order valence-electron chi connectivity index (χ0n) is 20.2. The summed E-state index contributed by atoms with van der Waals surface area (Å²) < 4.78 is 32.9. The number of likely N-dealkylation sites (N-methyl/N-ethyl adjacent to an activating group) is 1. The Hall–Kier alpha value is -2.46. The van der Waals surface area contributed by atoms with Gasteiger partial charge in [-0.1, -0.05) is 12.5 Å². The maximum Gasteiger partial charge on any atom is 0.310 e. The topological polar surface area (TPSA) is 104 Å². The number of carbonyl (C=O) groups excluding carboxylic acids is 3. The van der Waals surface area contributed by atoms with Crippen LogP contribution in [-0.2, 0) is 24.3 Å². The molecule has 2 unspecified atom stereocenters. The SMILES string of the molecule is CCOC(=O)C1CCCN(C(=O)CN(C)C(=O)c2cccc(S(=O)(=O)N3CCCCC3C)c2)C1. The molecule has 2 aliphatic rings. The van der Waals surface area contributed by atoms with Gasteiger partial charge in [-0.25, -0.2) is 8.42 Å². The molecule has 2 saturated heterocycles. The smallest absolute Gasteiger partial charge is 0.310 e. The molecule has 0 saturated carbocycles. The molecule has 34 heavy (non-hydrogen) atoms. The molecule has 9 nitrogen and oxygen atoms in total. The van der Waals surface area contributed by atoms with Gasteiger partial charge in [0.05, 0.1) is 24.0 Å². The lowest BCUT2D eigenvalue weighted by Crippen LogP contribution is -2.47. The number of sulfonamides is 1. The molecular weight excluding hydrogens is 458 g/mol. The molecule has 1 aromatic rings. The Bertz CT molecular complexity index is 1010. The molecule has 10 heteroatoms. The van der Waals surface area contributed by atoms with E-state index in [9.17, 15) is 22.8 Å². The first-order valence-electron chi connectivity index (χ1n) is 12.0. The number of esters is 1. The van der Waals surface area contributed by atoms with E-state index in [0.717, 1.165) is 19.3 Å². The van der Waals surface area contributed by atoms with E-state index in [1.54, 1.807) is 24.0 Å². The van der Waals surface area contributed by atoms with Crippen molar-refractivity contribution in [2.24, 2.45) is 5.92 Å². The van der Waals surface area contributed by atoms with E-state index in [1.165, 1.54) is 28.4 Å². The highest BCUT2D eigenvalue weighted by molar-refractivity contribution is 7.89. The minimum atomic E-state index is -3.71. The minimum Gasteiger partial charge on any atom is -0.466 e. The molecule has 0 radical (unpaired) electrons. The summed E-state index contributed by atoms with van der Waals surface area (Å²) in [4.78, 5) is 40.8. The van der Waals surface area contributed by atoms with Crippen LogP contribution in [0.15, 0.2) is 29.2 Å². The molecule has 0 N–H and O–H groups in total. The van der Waals surface area contributed by atoms with Gasteiger partial charge in [-0.15, -0.1) is 0 Å². The fourth-order valence-electron chi connectivity index (χ4n) is 4.61. The minimum absolute atomic E-state index is 0.0821. The highest BCUT2D eigenvalue weighted by Gasteiger charge is 2.32. The van der Waals surface area contributed by atoms with Crippen molar-refractivity contribution in [3.8, 4) is 0 Å². The number of carbonyl (C=O) groups is 3. The number of piperidine rings is 2. The van der Waals surface area contributed by atoms with Gasteiger partial charge in [0.1, 0.15) is 0 Å². The molecule has 3 rings (SSSR count). The van der Waals surface area contributed by atoms with Crippen LogP contribution in [0.1, 0.15) is 56.3 Å². The summed E-state index contributed by atoms with van der Waals surface area (Å²) in [6.07, 6.45) is 4.01. The normalized spacial score (nSPS) is 21.7. The van der Waals surface area contributed by atoms with Crippen LogP contribution in [0.25, 0.3) is 0 Å². The third kappa shape index (κ3) is 5.96. The Kier molecular flexibility index (Phi) is 8.70. The van der Waals surface area contributed by atoms with Crippen LogP contribution in [-0.4, -0.2) is 86.2 Å². The van der Waals surface area contributed by atoms with Crippen molar-refractivity contribution >= 4 is 27.8 Å². The average Bonchev–Trinajstić information content (AvgIpc) is 2.84. The maximum absolute atomic E-state index is 13.2. The predicted octanol–water partition coefficient (Wildman–Crippen LogP) is 2.12. The van der Waals surface area contributed by atoms with Gasteiger partial charge in [-0.2, -0.15) is 4.31 Å². The van der Waals surface area contributed by atoms with E-state index < -0.39 is 15.9 Å². The molecule has 0 bridgehead atoms. The molecule has 188 valence electrons. The first kappa shape index (κ1) is 26.2. The Morgan fingerprint density at radius 2 is 1.88 bits per heavy atom. The summed E-state index contributed by atoms with van der Waals surface area (Å²) in [6, 6.07) is 5.92. The predicted molar refractivity (Wildman–Crippen MR) is 127 cm³/mol. The lowest BCUT2D eigenvalue weighted by Gasteiger charge is -2.33. The van der Waals surface area contributed by atoms with Gasteiger partial charge >= 0.3 is 5.97 Å². The largest absolute Gasteiger partial charge is 0.466 e. The number of rotatable bonds is 7. The molecule has 0 aromatic heterocycles. The number of hydrogen-bond donors (Lipinski definition) is 0. The average molecular weight is 494 g/mol. The van der Waals surface area contributed by atoms with Gasteiger partial charge in [0, 0.05) is 38.3 Å². The maximum atomic E-state index is 13.2. The van der Waals surface area contributed by atoms with Crippen LogP contribution in [0.2, 0.25) is 0 Å². The van der Waals surface area contributed by atoms with Crippen molar-refractivity contribution in [1.29, 1.82) is 0 Å². The van der Waals surface area contributed by atoms with Crippen molar-refractivity contribution in [3.05, 3.63) is 29.8 Å². The number of likely N-dealkylation sites (tertiary alicyclic amines) is 1. The van der Waals surface area contributed by atoms with Gasteiger partial charge in [0.2, 0.25) is 15.9 Å². The second-order valence-electron chi connectivity index (χ2n) is 9.08. The van der Waals surface area contributed by atoms with Gasteiger partial charge in [-0.3, -0.25) is 14.4 Å². The molecule has 2 atom stereocenters. The molecule has 2 aliphatic heterocycles. The van der Waals surface area contributed by atoms with Crippen molar-refractivity contribution < 1.29 is 27.5 Å². The van der Waals surface area contributed by atoms with E-state index in [1.807, 2.05) is 6.92 Å². The summed E-state index contributed by atoms with van der Waals surface area (Å²) in [7, 11) is -2.19. The van der Waals surface area contributed by atoms with Crippen molar-refractivity contribution in [1.82, 2.24) is 14.1 Å². The summed E-state index contributed by atoms with van der Waals surface area (Å²) in [5.41, 5.74) is 0.212. The van der Waals surface area contributed by atoms with Crippen molar-refractivity contribution in [2.75, 3.05) is 39.8 Å². The standard InChI is InChI=1S/C24H35N3O6S/c1-4-33-24(30)20-11-8-13-26(16-20)22(28)17-25(3)23(29)19-10-7-12-21(15-19)34(31,32)27-14-6-5-9-18(27)2/h7,10,12,15,18,20H,4-6,8-9,11,13-14,16-17H2,1-3H3. The van der Waals surface area contributed by atoms with Crippen LogP contribution < -0.4 is 0 Å². The summed E-state index contributed by atoms with van der Waals surface area (Å²) in [6.45, 7) is 5.06. The molecule has 2 heterocycles. The van der Waals surface area contributed by atoms with Gasteiger partial charge < -0.3 is 14.5 Å². The Labute approximate surface area is 202 Å². The number of ether oxygens (including phenoxy) is 1. The van der Waals surface area contributed by atoms with Crippen LogP contribution in [0.4, 0.5) is 0 Å². The third-order valence-corrected chi connectivity index (χ3v) is 8.55. The quantitative estimate of drug-likeness (QED) is 0.539. The zero-order chi connectivity index (χ0) is 24.9. The molecule has 2 fully saturated rings. The number of nitrogens with zero attached hydrogens (tertiary/aromatic N) is 3. The fourth-order valence-corrected chi connectivity index (χ4v) is 6.35. The van der Waals surface area contributed by atoms with Crippen LogP contribution >= 0.6 is 0 Å². The first-order valence-corrected chi connectivity index (χ1v) is 13.4. The van der Waals surface area contributed by atoms with Crippen molar-refractivity contribution in [3.63, 3.8) is 0 Å². The first-order chi connectivity index (χ1) is 16.1. The fraction of sp³-hybridized carbons (Fsp3) is 0.625. The third-order valence-electron chi connectivity index (χ3n) is 6.54. The Balaban J connectivity index is 1.66. The lowest BCUT2D eigenvalue weighted by molar-refractivity contribution is -0.151. The van der Waals surface area contributed by atoms with E-state index >= 15 is 0 Å². The zero-order valence-corrected chi connectivity index (χ0v) is 21.1. The summed E-state index contributed by atoms with van der Waals surface area (Å²) in [5.74, 6) is -1.34. The van der Waals surface area contributed by atoms with E-state index in [2.05, 4.69) is 0 Å². The van der Waals surface area contributed by atoms with Gasteiger partial charge in [-0.05, 0) is 57.7 Å². The van der Waals surface area contributed by atoms with Crippen LogP contribution in [0, 0.1) is 5.92 Å². The van der Waals surface area contributed by atoms with Crippen LogP contribution in [0.5, 0.6) is 0 Å². The summed E-state index contributed by atoms with van der Waals surface area (Å²) >= 11 is 0. The van der Waals surface area contributed by atoms with Gasteiger partial charge in [0.15, 0.2) is 0 Å². The van der Waals surface area contributed by atoms with E-state index in [-0.39, 0.29) is 47.4 Å². The number of hydrogen-bond acceptors (Lipinski definition) is 6. The van der Waals surface area contributed by atoms with Crippen molar-refractivity contribution in [2.45, 2.75) is 56.9 Å². The number of amides is 2. The molecule has 0 spiro atoms. The monoisotopic (exact) mass is 493 g/mol.